The molecule has 0 bridgehead atoms. The molecule has 7 nitrogen and oxygen atoms in total. The van der Waals surface area contributed by atoms with Gasteiger partial charge in [-0.05, 0) is 43.2 Å². The Labute approximate surface area is 197 Å². The zero-order valence-electron chi connectivity index (χ0n) is 20.1. The maximum Gasteiger partial charge on any atom is 0.272 e. The third-order valence-electron chi connectivity index (χ3n) is 7.06. The molecule has 4 rings (SSSR count). The van der Waals surface area contributed by atoms with Crippen LogP contribution in [0.5, 0.6) is 0 Å². The predicted octanol–water partition coefficient (Wildman–Crippen LogP) is 2.96. The highest BCUT2D eigenvalue weighted by molar-refractivity contribution is 5.92. The number of rotatable bonds is 7. The molecule has 0 spiro atoms. The summed E-state index contributed by atoms with van der Waals surface area (Å²) >= 11 is 0. The topological polar surface area (TPSA) is 61.7 Å². The molecule has 0 aliphatic carbocycles. The van der Waals surface area contributed by atoms with Crippen molar-refractivity contribution < 1.29 is 9.59 Å². The van der Waals surface area contributed by atoms with E-state index in [1.54, 1.807) is 4.68 Å². The minimum absolute atomic E-state index is 0.0651. The Bertz CT molecular complexity index is 933. The third kappa shape index (κ3) is 6.02. The molecule has 178 valence electrons. The van der Waals surface area contributed by atoms with Crippen LogP contribution in [0.25, 0.3) is 0 Å². The standard InChI is InChI=1S/C26H37N5O2/c1-3-23-18-24(28(2)27-23)26(33)31-13-7-10-22(20-31)11-12-25(32)30-16-14-29(15-17-30)19-21-8-5-4-6-9-21/h4-6,8-9,18,22H,3,7,10-17,19-20H2,1-2H3/t22-/m0/s1. The SMILES string of the molecule is CCc1cc(C(=O)N2CCC[C@@H](CCC(=O)N3CCN(Cc4ccccc4)CC3)C2)n(C)n1. The van der Waals surface area contributed by atoms with Crippen LogP contribution in [0.15, 0.2) is 36.4 Å². The van der Waals surface area contributed by atoms with E-state index in [2.05, 4.69) is 34.3 Å². The fraction of sp³-hybridized carbons (Fsp3) is 0.577. The van der Waals surface area contributed by atoms with Gasteiger partial charge in [0.25, 0.3) is 5.91 Å². The Hall–Kier alpha value is -2.67. The van der Waals surface area contributed by atoms with Crippen molar-refractivity contribution in [2.24, 2.45) is 13.0 Å². The zero-order chi connectivity index (χ0) is 23.2. The molecule has 0 saturated carbocycles. The quantitative estimate of drug-likeness (QED) is 0.649. The van der Waals surface area contributed by atoms with E-state index >= 15 is 0 Å². The van der Waals surface area contributed by atoms with Gasteiger partial charge >= 0.3 is 0 Å². The van der Waals surface area contributed by atoms with Crippen LogP contribution in [0, 0.1) is 5.92 Å². The minimum atomic E-state index is 0.0651. The molecule has 0 radical (unpaired) electrons. The maximum absolute atomic E-state index is 13.0. The first-order chi connectivity index (χ1) is 16.0. The average molecular weight is 452 g/mol. The number of aromatic nitrogens is 2. The summed E-state index contributed by atoms with van der Waals surface area (Å²) in [6.45, 7) is 8.00. The minimum Gasteiger partial charge on any atom is -0.340 e. The second-order valence-electron chi connectivity index (χ2n) is 9.44. The first kappa shape index (κ1) is 23.5. The van der Waals surface area contributed by atoms with E-state index in [9.17, 15) is 9.59 Å². The lowest BCUT2D eigenvalue weighted by Gasteiger charge is -2.36. The predicted molar refractivity (Wildman–Crippen MR) is 129 cm³/mol. The molecule has 2 saturated heterocycles. The number of hydrogen-bond donors (Lipinski definition) is 0. The van der Waals surface area contributed by atoms with Crippen molar-refractivity contribution in [1.29, 1.82) is 0 Å². The van der Waals surface area contributed by atoms with Crippen LogP contribution < -0.4 is 0 Å². The molecular formula is C26H37N5O2. The van der Waals surface area contributed by atoms with Gasteiger partial charge in [0, 0.05) is 59.3 Å². The third-order valence-corrected chi connectivity index (χ3v) is 7.06. The number of likely N-dealkylation sites (tertiary alicyclic amines) is 1. The number of piperazine rings is 1. The summed E-state index contributed by atoms with van der Waals surface area (Å²) in [6, 6.07) is 12.4. The first-order valence-corrected chi connectivity index (χ1v) is 12.4. The molecule has 0 N–H and O–H groups in total. The second kappa shape index (κ2) is 11.0. The number of carbonyl (C=O) groups excluding carboxylic acids is 2. The van der Waals surface area contributed by atoms with Gasteiger partial charge in [-0.1, -0.05) is 37.3 Å². The van der Waals surface area contributed by atoms with Crippen LogP contribution in [-0.2, 0) is 24.8 Å². The van der Waals surface area contributed by atoms with Gasteiger partial charge in [0.05, 0.1) is 5.69 Å². The largest absolute Gasteiger partial charge is 0.340 e. The van der Waals surface area contributed by atoms with Gasteiger partial charge in [-0.15, -0.1) is 0 Å². The Kier molecular flexibility index (Phi) is 7.81. The van der Waals surface area contributed by atoms with Gasteiger partial charge in [-0.25, -0.2) is 0 Å². The summed E-state index contributed by atoms with van der Waals surface area (Å²) in [6.07, 6.45) is 4.36. The van der Waals surface area contributed by atoms with Crippen LogP contribution in [0.3, 0.4) is 0 Å². The fourth-order valence-corrected chi connectivity index (χ4v) is 5.03. The normalized spacial score (nSPS) is 19.6. The summed E-state index contributed by atoms with van der Waals surface area (Å²) in [5.74, 6) is 0.720. The van der Waals surface area contributed by atoms with E-state index in [0.29, 0.717) is 18.0 Å². The molecule has 0 unspecified atom stereocenters. The summed E-state index contributed by atoms with van der Waals surface area (Å²) in [4.78, 5) is 32.3. The molecule has 1 aromatic carbocycles. The smallest absolute Gasteiger partial charge is 0.272 e. The van der Waals surface area contributed by atoms with Crippen molar-refractivity contribution in [3.8, 4) is 0 Å². The summed E-state index contributed by atoms with van der Waals surface area (Å²) in [5.41, 5.74) is 2.94. The maximum atomic E-state index is 13.0. The van der Waals surface area contributed by atoms with E-state index in [-0.39, 0.29) is 11.8 Å². The zero-order valence-corrected chi connectivity index (χ0v) is 20.1. The number of carbonyl (C=O) groups is 2. The number of amides is 2. The van der Waals surface area contributed by atoms with Gasteiger partial charge in [0.1, 0.15) is 5.69 Å². The Morgan fingerprint density at radius 3 is 2.48 bits per heavy atom. The lowest BCUT2D eigenvalue weighted by Crippen LogP contribution is -2.48. The van der Waals surface area contributed by atoms with Gasteiger partial charge in [-0.3, -0.25) is 19.2 Å². The molecular weight excluding hydrogens is 414 g/mol. The average Bonchev–Trinajstić information content (AvgIpc) is 3.24. The van der Waals surface area contributed by atoms with Crippen LogP contribution in [0.4, 0.5) is 0 Å². The van der Waals surface area contributed by atoms with E-state index in [4.69, 9.17) is 0 Å². The first-order valence-electron chi connectivity index (χ1n) is 12.4. The number of aryl methyl sites for hydroxylation is 2. The van der Waals surface area contributed by atoms with Crippen molar-refractivity contribution >= 4 is 11.8 Å². The van der Waals surface area contributed by atoms with Gasteiger partial charge in [-0.2, -0.15) is 5.10 Å². The highest BCUT2D eigenvalue weighted by Crippen LogP contribution is 2.23. The molecule has 1 atom stereocenters. The van der Waals surface area contributed by atoms with E-state index in [1.807, 2.05) is 35.9 Å². The van der Waals surface area contributed by atoms with Gasteiger partial charge in [0.2, 0.25) is 5.91 Å². The van der Waals surface area contributed by atoms with Crippen LogP contribution in [-0.4, -0.2) is 75.6 Å². The van der Waals surface area contributed by atoms with Gasteiger partial charge in [0.15, 0.2) is 0 Å². The number of piperidine rings is 1. The lowest BCUT2D eigenvalue weighted by molar-refractivity contribution is -0.133. The molecule has 33 heavy (non-hydrogen) atoms. The highest BCUT2D eigenvalue weighted by atomic mass is 16.2. The van der Waals surface area contributed by atoms with Gasteiger partial charge < -0.3 is 9.80 Å². The molecule has 2 aliphatic rings. The Morgan fingerprint density at radius 1 is 1.03 bits per heavy atom. The van der Waals surface area contributed by atoms with Crippen LogP contribution in [0.1, 0.15) is 54.4 Å². The molecule has 2 aromatic rings. The van der Waals surface area contributed by atoms with E-state index in [0.717, 1.165) is 77.2 Å². The molecule has 3 heterocycles. The van der Waals surface area contributed by atoms with Crippen LogP contribution in [0.2, 0.25) is 0 Å². The summed E-state index contributed by atoms with van der Waals surface area (Å²) in [5, 5.41) is 4.42. The monoisotopic (exact) mass is 451 g/mol. The molecule has 7 heteroatoms. The Balaban J connectivity index is 1.21. The van der Waals surface area contributed by atoms with Crippen molar-refractivity contribution in [1.82, 2.24) is 24.5 Å². The highest BCUT2D eigenvalue weighted by Gasteiger charge is 2.28. The fourth-order valence-electron chi connectivity index (χ4n) is 5.03. The summed E-state index contributed by atoms with van der Waals surface area (Å²) < 4.78 is 1.70. The van der Waals surface area contributed by atoms with E-state index in [1.165, 1.54) is 5.56 Å². The molecule has 2 fully saturated rings. The van der Waals surface area contributed by atoms with Crippen molar-refractivity contribution in [3.63, 3.8) is 0 Å². The number of benzene rings is 1. The van der Waals surface area contributed by atoms with Crippen LogP contribution >= 0.6 is 0 Å². The molecule has 1 aromatic heterocycles. The molecule has 2 amide bonds. The Morgan fingerprint density at radius 2 is 1.79 bits per heavy atom. The molecule has 2 aliphatic heterocycles. The number of hydrogen-bond acceptors (Lipinski definition) is 4. The van der Waals surface area contributed by atoms with E-state index < -0.39 is 0 Å². The summed E-state index contributed by atoms with van der Waals surface area (Å²) in [7, 11) is 1.84. The van der Waals surface area contributed by atoms with Crippen molar-refractivity contribution in [3.05, 3.63) is 53.3 Å². The lowest BCUT2D eigenvalue weighted by atomic mass is 9.93. The second-order valence-corrected chi connectivity index (χ2v) is 9.44. The van der Waals surface area contributed by atoms with Crippen molar-refractivity contribution in [2.45, 2.75) is 45.6 Å². The number of nitrogens with zero attached hydrogens (tertiary/aromatic N) is 5. The van der Waals surface area contributed by atoms with Crippen molar-refractivity contribution in [2.75, 3.05) is 39.3 Å².